The van der Waals surface area contributed by atoms with Gasteiger partial charge in [0.1, 0.15) is 18.3 Å². The molecule has 4 aromatic carbocycles. The molecule has 0 saturated heterocycles. The van der Waals surface area contributed by atoms with E-state index in [4.69, 9.17) is 4.74 Å². The minimum Gasteiger partial charge on any atom is -0.494 e. The molecule has 1 aliphatic carbocycles. The molecule has 0 aromatic heterocycles. The Balaban J connectivity index is 1.55. The number of rotatable bonds is 14. The number of carbonyl (C=O) groups is 2. The fourth-order valence-electron chi connectivity index (χ4n) is 5.99. The number of anilines is 1. The molecule has 252 valence electrons. The van der Waals surface area contributed by atoms with Gasteiger partial charge in [-0.3, -0.25) is 13.9 Å². The second-order valence-electron chi connectivity index (χ2n) is 12.1. The highest BCUT2D eigenvalue weighted by Gasteiger charge is 2.35. The highest BCUT2D eigenvalue weighted by Crippen LogP contribution is 2.27. The highest BCUT2D eigenvalue weighted by molar-refractivity contribution is 9.10. The Labute approximate surface area is 292 Å². The molecule has 1 unspecified atom stereocenters. The molecule has 1 aliphatic rings. The van der Waals surface area contributed by atoms with Gasteiger partial charge in [0.2, 0.25) is 11.8 Å². The van der Waals surface area contributed by atoms with Crippen LogP contribution in [0.4, 0.5) is 5.69 Å². The molecular weight excluding hydrogens is 690 g/mol. The van der Waals surface area contributed by atoms with E-state index in [9.17, 15) is 18.0 Å². The number of nitrogens with one attached hydrogen (secondary N) is 1. The predicted molar refractivity (Wildman–Crippen MR) is 192 cm³/mol. The van der Waals surface area contributed by atoms with Gasteiger partial charge in [0.05, 0.1) is 17.2 Å². The molecule has 0 radical (unpaired) electrons. The van der Waals surface area contributed by atoms with Gasteiger partial charge < -0.3 is 15.0 Å². The second kappa shape index (κ2) is 16.3. The summed E-state index contributed by atoms with van der Waals surface area (Å²) in [5.74, 6) is -0.190. The number of amides is 2. The number of nitrogens with zero attached hydrogens (tertiary/aromatic N) is 2. The highest BCUT2D eigenvalue weighted by atomic mass is 79.9. The van der Waals surface area contributed by atoms with E-state index in [1.807, 2.05) is 80.6 Å². The number of aryl methyl sites for hydroxylation is 1. The van der Waals surface area contributed by atoms with Gasteiger partial charge in [-0.15, -0.1) is 0 Å². The topological polar surface area (TPSA) is 96.0 Å². The maximum absolute atomic E-state index is 14.7. The first-order valence-corrected chi connectivity index (χ1v) is 18.6. The summed E-state index contributed by atoms with van der Waals surface area (Å²) < 4.78 is 36.1. The molecule has 0 heterocycles. The molecular formula is C38H42BrN3O5S. The Morgan fingerprint density at radius 2 is 1.56 bits per heavy atom. The number of hydrogen-bond acceptors (Lipinski definition) is 5. The van der Waals surface area contributed by atoms with Crippen molar-refractivity contribution in [2.75, 3.05) is 17.5 Å². The molecule has 1 N–H and O–H groups in total. The molecule has 1 atom stereocenters. The van der Waals surface area contributed by atoms with E-state index in [2.05, 4.69) is 21.2 Å². The van der Waals surface area contributed by atoms with E-state index in [1.54, 1.807) is 24.3 Å². The molecule has 1 saturated carbocycles. The van der Waals surface area contributed by atoms with Crippen molar-refractivity contribution < 1.29 is 22.7 Å². The van der Waals surface area contributed by atoms with Crippen LogP contribution in [0.1, 0.15) is 49.3 Å². The van der Waals surface area contributed by atoms with Crippen molar-refractivity contribution in [3.05, 3.63) is 124 Å². The summed E-state index contributed by atoms with van der Waals surface area (Å²) in [5, 5.41) is 3.21. The molecule has 5 rings (SSSR count). The second-order valence-corrected chi connectivity index (χ2v) is 14.9. The lowest BCUT2D eigenvalue weighted by Gasteiger charge is -2.34. The van der Waals surface area contributed by atoms with Crippen LogP contribution in [0.2, 0.25) is 0 Å². The SMILES string of the molecule is CCOc1ccc(S(=O)(=O)N(CC(=O)N(Cc2cccc(Br)c2)C(Cc2ccccc2)C(=O)NC2CCCC2)c2ccc(C)cc2)cc1. The van der Waals surface area contributed by atoms with Crippen LogP contribution in [0.3, 0.4) is 0 Å². The first-order chi connectivity index (χ1) is 23.1. The van der Waals surface area contributed by atoms with Crippen LogP contribution < -0.4 is 14.4 Å². The molecule has 48 heavy (non-hydrogen) atoms. The first-order valence-electron chi connectivity index (χ1n) is 16.3. The third-order valence-electron chi connectivity index (χ3n) is 8.54. The number of sulfonamides is 1. The molecule has 0 bridgehead atoms. The molecule has 8 nitrogen and oxygen atoms in total. The lowest BCUT2D eigenvalue weighted by atomic mass is 10.0. The van der Waals surface area contributed by atoms with Crippen LogP contribution >= 0.6 is 15.9 Å². The standard InChI is InChI=1S/C38H42BrN3O5S/c1-3-47-34-20-22-35(23-21-34)48(45,46)42(33-18-16-28(2)17-19-33)27-37(43)41(26-30-12-9-13-31(39)24-30)36(25-29-10-5-4-6-11-29)38(44)40-32-14-7-8-15-32/h4-6,9-13,16-24,32,36H,3,7-8,14-15,25-27H2,1-2H3,(H,40,44). The van der Waals surface area contributed by atoms with Gasteiger partial charge in [0, 0.05) is 23.5 Å². The van der Waals surface area contributed by atoms with Gasteiger partial charge in [0.15, 0.2) is 0 Å². The zero-order chi connectivity index (χ0) is 34.1. The zero-order valence-electron chi connectivity index (χ0n) is 27.3. The minimum absolute atomic E-state index is 0.0256. The lowest BCUT2D eigenvalue weighted by molar-refractivity contribution is -0.140. The van der Waals surface area contributed by atoms with Crippen LogP contribution in [0.15, 0.2) is 112 Å². The van der Waals surface area contributed by atoms with Crippen LogP contribution in [0, 0.1) is 6.92 Å². The number of halogens is 1. The average molecular weight is 733 g/mol. The van der Waals surface area contributed by atoms with Crippen molar-refractivity contribution in [2.45, 2.75) is 69.5 Å². The maximum atomic E-state index is 14.7. The number of hydrogen-bond donors (Lipinski definition) is 1. The van der Waals surface area contributed by atoms with Crippen LogP contribution in [0.25, 0.3) is 0 Å². The Morgan fingerprint density at radius 1 is 0.896 bits per heavy atom. The Kier molecular flexibility index (Phi) is 11.9. The molecule has 2 amide bonds. The maximum Gasteiger partial charge on any atom is 0.264 e. The monoisotopic (exact) mass is 731 g/mol. The molecule has 1 fully saturated rings. The average Bonchev–Trinajstić information content (AvgIpc) is 3.59. The van der Waals surface area contributed by atoms with Crippen molar-refractivity contribution >= 4 is 43.5 Å². The van der Waals surface area contributed by atoms with E-state index in [1.165, 1.54) is 17.0 Å². The van der Waals surface area contributed by atoms with Gasteiger partial charge in [0.25, 0.3) is 10.0 Å². The van der Waals surface area contributed by atoms with Crippen molar-refractivity contribution in [2.24, 2.45) is 0 Å². The van der Waals surface area contributed by atoms with Crippen molar-refractivity contribution in [3.63, 3.8) is 0 Å². The molecule has 10 heteroatoms. The van der Waals surface area contributed by atoms with Gasteiger partial charge in [-0.2, -0.15) is 0 Å². The summed E-state index contributed by atoms with van der Waals surface area (Å²) in [6, 6.07) is 29.5. The van der Waals surface area contributed by atoms with Crippen LogP contribution in [-0.4, -0.2) is 50.4 Å². The quantitative estimate of drug-likeness (QED) is 0.150. The summed E-state index contributed by atoms with van der Waals surface area (Å²) in [7, 11) is -4.21. The summed E-state index contributed by atoms with van der Waals surface area (Å²) in [6.07, 6.45) is 4.15. The number of carbonyl (C=O) groups excluding carboxylic acids is 2. The van der Waals surface area contributed by atoms with Gasteiger partial charge in [-0.25, -0.2) is 8.42 Å². The summed E-state index contributed by atoms with van der Waals surface area (Å²) >= 11 is 3.53. The number of benzene rings is 4. The normalized spacial score (nSPS) is 13.9. The lowest BCUT2D eigenvalue weighted by Crippen LogP contribution is -2.54. The van der Waals surface area contributed by atoms with Crippen LogP contribution in [0.5, 0.6) is 5.75 Å². The van der Waals surface area contributed by atoms with E-state index in [-0.39, 0.29) is 29.8 Å². The van der Waals surface area contributed by atoms with E-state index < -0.39 is 28.5 Å². The predicted octanol–water partition coefficient (Wildman–Crippen LogP) is 7.05. The van der Waals surface area contributed by atoms with Crippen molar-refractivity contribution in [1.29, 1.82) is 0 Å². The van der Waals surface area contributed by atoms with Gasteiger partial charge >= 0.3 is 0 Å². The molecule has 0 spiro atoms. The van der Waals surface area contributed by atoms with Crippen molar-refractivity contribution in [3.8, 4) is 5.75 Å². The third-order valence-corrected chi connectivity index (χ3v) is 10.8. The fourth-order valence-corrected chi connectivity index (χ4v) is 7.86. The van der Waals surface area contributed by atoms with E-state index >= 15 is 0 Å². The Hall–Kier alpha value is -4.15. The van der Waals surface area contributed by atoms with Crippen LogP contribution in [-0.2, 0) is 32.6 Å². The van der Waals surface area contributed by atoms with E-state index in [0.717, 1.165) is 51.2 Å². The van der Waals surface area contributed by atoms with E-state index in [0.29, 0.717) is 18.0 Å². The first kappa shape index (κ1) is 35.2. The fraction of sp³-hybridized carbons (Fsp3) is 0.316. The largest absolute Gasteiger partial charge is 0.494 e. The van der Waals surface area contributed by atoms with Gasteiger partial charge in [-0.05, 0) is 86.3 Å². The van der Waals surface area contributed by atoms with Crippen molar-refractivity contribution in [1.82, 2.24) is 10.2 Å². The Morgan fingerprint density at radius 3 is 2.21 bits per heavy atom. The molecule has 0 aliphatic heterocycles. The summed E-state index contributed by atoms with van der Waals surface area (Å²) in [5.41, 5.74) is 3.00. The van der Waals surface area contributed by atoms with Gasteiger partial charge in [-0.1, -0.05) is 88.9 Å². The number of ether oxygens (including phenoxy) is 1. The Bertz CT molecular complexity index is 1780. The summed E-state index contributed by atoms with van der Waals surface area (Å²) in [6.45, 7) is 3.82. The minimum atomic E-state index is -4.21. The smallest absolute Gasteiger partial charge is 0.264 e. The third kappa shape index (κ3) is 9.05. The summed E-state index contributed by atoms with van der Waals surface area (Å²) in [4.78, 5) is 30.4. The molecule has 4 aromatic rings. The zero-order valence-corrected chi connectivity index (χ0v) is 29.8.